The van der Waals surface area contributed by atoms with Crippen molar-refractivity contribution in [3.63, 3.8) is 0 Å². The zero-order valence-corrected chi connectivity index (χ0v) is 32.7. The molecule has 0 spiro atoms. The third-order valence-electron chi connectivity index (χ3n) is 10.1. The van der Waals surface area contributed by atoms with E-state index in [9.17, 15) is 0 Å². The molecule has 0 N–H and O–H groups in total. The van der Waals surface area contributed by atoms with Gasteiger partial charge in [-0.1, -0.05) is 0 Å². The molecule has 0 aliphatic heterocycles. The van der Waals surface area contributed by atoms with Crippen LogP contribution in [0.1, 0.15) is 91.3 Å². The predicted molar refractivity (Wildman–Crippen MR) is 187 cm³/mol. The van der Waals surface area contributed by atoms with Crippen molar-refractivity contribution in [2.45, 2.75) is 80.1 Å². The molecule has 0 nitrogen and oxygen atoms in total. The average Bonchev–Trinajstić information content (AvgIpc) is 3.65. The Balaban J connectivity index is 0.00000240. The molecule has 0 amide bonds. The summed E-state index contributed by atoms with van der Waals surface area (Å²) >= 11 is -1.35. The molecule has 0 bridgehead atoms. The van der Waals surface area contributed by atoms with Crippen LogP contribution in [0.4, 0.5) is 0 Å². The third kappa shape index (κ3) is 6.30. The van der Waals surface area contributed by atoms with Gasteiger partial charge in [-0.25, -0.2) is 0 Å². The van der Waals surface area contributed by atoms with Gasteiger partial charge in [0.25, 0.3) is 0 Å². The molecular formula is C43H47Cl2Zr. The van der Waals surface area contributed by atoms with Gasteiger partial charge in [0, 0.05) is 0 Å². The molecule has 0 heterocycles. The summed E-state index contributed by atoms with van der Waals surface area (Å²) < 4.78 is 3.23. The van der Waals surface area contributed by atoms with Gasteiger partial charge in [-0.3, -0.25) is 0 Å². The number of allylic oxidation sites excluding steroid dienone is 8. The summed E-state index contributed by atoms with van der Waals surface area (Å²) in [7, 11) is 0. The maximum atomic E-state index is 2.72. The Morgan fingerprint density at radius 3 is 1.85 bits per heavy atom. The summed E-state index contributed by atoms with van der Waals surface area (Å²) in [5.41, 5.74) is 12.1. The summed E-state index contributed by atoms with van der Waals surface area (Å²) in [5, 5.41) is 2.96. The third-order valence-corrected chi connectivity index (χ3v) is 14.0. The Kier molecular flexibility index (Phi) is 11.2. The molecule has 46 heavy (non-hydrogen) atoms. The van der Waals surface area contributed by atoms with E-state index in [-0.39, 0.29) is 41.1 Å². The van der Waals surface area contributed by atoms with Gasteiger partial charge in [0.15, 0.2) is 0 Å². The van der Waals surface area contributed by atoms with Crippen LogP contribution >= 0.6 is 0 Å². The Labute approximate surface area is 301 Å². The quantitative estimate of drug-likeness (QED) is 0.365. The summed E-state index contributed by atoms with van der Waals surface area (Å²) in [6.07, 6.45) is 13.0. The Morgan fingerprint density at radius 1 is 0.761 bits per heavy atom. The molecule has 0 radical (unpaired) electrons. The molecule has 0 saturated heterocycles. The monoisotopic (exact) mass is 723 g/mol. The first-order chi connectivity index (χ1) is 21.0. The molecule has 6 rings (SSSR count). The van der Waals surface area contributed by atoms with Gasteiger partial charge in [-0.15, -0.1) is 0 Å². The van der Waals surface area contributed by atoms with E-state index in [4.69, 9.17) is 0 Å². The predicted octanol–water partition coefficient (Wildman–Crippen LogP) is 3.59. The van der Waals surface area contributed by atoms with E-state index in [0.29, 0.717) is 0 Å². The van der Waals surface area contributed by atoms with E-state index >= 15 is 0 Å². The number of fused-ring (bicyclic) bond motifs is 2. The number of hydrogen-bond acceptors (Lipinski definition) is 0. The van der Waals surface area contributed by atoms with Gasteiger partial charge in [0.05, 0.1) is 0 Å². The van der Waals surface area contributed by atoms with Crippen molar-refractivity contribution in [2.75, 3.05) is 0 Å². The fraction of sp³-hybridized carbons (Fsp3) is 0.326. The van der Waals surface area contributed by atoms with Crippen molar-refractivity contribution in [3.8, 4) is 0 Å². The fourth-order valence-corrected chi connectivity index (χ4v) is 11.5. The van der Waals surface area contributed by atoms with Crippen molar-refractivity contribution in [3.05, 3.63) is 153 Å². The average molecular weight is 726 g/mol. The van der Waals surface area contributed by atoms with Crippen LogP contribution in [0.3, 0.4) is 0 Å². The second kappa shape index (κ2) is 14.0. The smallest absolute Gasteiger partial charge is 1.00 e. The van der Waals surface area contributed by atoms with Crippen LogP contribution in [-0.2, 0) is 28.2 Å². The minimum Gasteiger partial charge on any atom is -1.00 e. The zero-order chi connectivity index (χ0) is 31.3. The molecule has 3 heteroatoms. The minimum atomic E-state index is -1.35. The molecule has 3 aliphatic carbocycles. The first-order valence-corrected chi connectivity index (χ1v) is 18.9. The van der Waals surface area contributed by atoms with Gasteiger partial charge in [0.1, 0.15) is 0 Å². The molecule has 1 unspecified atom stereocenters. The van der Waals surface area contributed by atoms with Crippen LogP contribution < -0.4 is 35.3 Å². The molecule has 237 valence electrons. The van der Waals surface area contributed by atoms with Crippen molar-refractivity contribution in [1.82, 2.24) is 0 Å². The van der Waals surface area contributed by atoms with Crippen molar-refractivity contribution >= 4 is 12.1 Å². The van der Waals surface area contributed by atoms with Gasteiger partial charge in [0.2, 0.25) is 0 Å². The first-order valence-electron chi connectivity index (χ1n) is 16.5. The van der Waals surface area contributed by atoms with Gasteiger partial charge < -0.3 is 24.8 Å². The standard InChI is InChI=1S/C30H37.C13H10.2ClH.Zr/c1-9-20-19-30(10-2,29(6,7)8)27(21-13-11-12-14-21)25-18-22-17-23(28(3,4)5)15-16-24(22)26(20)25;1-3-7-12(8-4-1)11-13-9-5-2-6-10-13;;;/h11-13,15-17,19H,9-10,14H2,1-8H3;1-10H;2*1H;/q;;;;+2/p-2. The van der Waals surface area contributed by atoms with E-state index in [2.05, 4.69) is 159 Å². The fourth-order valence-electron chi connectivity index (χ4n) is 7.61. The number of hydrogen-bond donors (Lipinski definition) is 0. The van der Waals surface area contributed by atoms with E-state index < -0.39 is 22.8 Å². The maximum Gasteiger partial charge on any atom is -1.00 e. The Bertz CT molecular complexity index is 1850. The number of benzene rings is 3. The van der Waals surface area contributed by atoms with Crippen molar-refractivity contribution < 1.29 is 47.6 Å². The zero-order valence-electron chi connectivity index (χ0n) is 28.7. The van der Waals surface area contributed by atoms with Gasteiger partial charge in [-0.05, 0) is 0 Å². The molecule has 1 atom stereocenters. The first kappa shape index (κ1) is 36.5. The van der Waals surface area contributed by atoms with Gasteiger partial charge >= 0.3 is 278 Å². The summed E-state index contributed by atoms with van der Waals surface area (Å²) in [5.74, 6) is 0. The van der Waals surface area contributed by atoms with Crippen LogP contribution in [0, 0.1) is 10.8 Å². The van der Waals surface area contributed by atoms with Crippen LogP contribution in [0.2, 0.25) is 0 Å². The van der Waals surface area contributed by atoms with Crippen LogP contribution in [0.15, 0.2) is 125 Å². The van der Waals surface area contributed by atoms with Crippen LogP contribution in [0.5, 0.6) is 0 Å². The van der Waals surface area contributed by atoms with E-state index in [0.717, 1.165) is 19.3 Å². The van der Waals surface area contributed by atoms with Crippen LogP contribution in [-0.4, -0.2) is 3.21 Å². The summed E-state index contributed by atoms with van der Waals surface area (Å²) in [6, 6.07) is 29.9. The van der Waals surface area contributed by atoms with Crippen LogP contribution in [0.25, 0.3) is 8.85 Å². The topological polar surface area (TPSA) is 0 Å². The van der Waals surface area contributed by atoms with E-state index in [1.165, 1.54) is 43.8 Å². The Morgan fingerprint density at radius 2 is 1.37 bits per heavy atom. The normalized spacial score (nSPS) is 18.6. The van der Waals surface area contributed by atoms with Gasteiger partial charge in [-0.2, -0.15) is 0 Å². The second-order valence-corrected chi connectivity index (χ2v) is 17.7. The number of rotatable bonds is 6. The molecule has 3 aliphatic rings. The Hall–Kier alpha value is -2.31. The van der Waals surface area contributed by atoms with Crippen molar-refractivity contribution in [2.24, 2.45) is 10.8 Å². The SMILES string of the molecule is CCC1=CC(CC)(C(C)(C)C)C(C2=CC=CC2)=C2[C]([Zr+2]=[C](c3ccccc3)c3ccccc3)=c3cc(C(C)(C)C)ccc3=C12.[Cl-].[Cl-]. The molecular weight excluding hydrogens is 679 g/mol. The number of halogens is 2. The summed E-state index contributed by atoms with van der Waals surface area (Å²) in [6.45, 7) is 19.3. The molecule has 0 fully saturated rings. The summed E-state index contributed by atoms with van der Waals surface area (Å²) in [4.78, 5) is 0. The molecule has 0 saturated carbocycles. The van der Waals surface area contributed by atoms with E-state index in [1.807, 2.05) is 0 Å². The van der Waals surface area contributed by atoms with E-state index in [1.54, 1.807) is 17.6 Å². The molecule has 3 aromatic rings. The van der Waals surface area contributed by atoms with Crippen molar-refractivity contribution in [1.29, 1.82) is 0 Å². The minimum absolute atomic E-state index is 0. The maximum absolute atomic E-state index is 2.72. The molecule has 0 aromatic heterocycles. The largest absolute Gasteiger partial charge is 1.00 e. The second-order valence-electron chi connectivity index (χ2n) is 14.7. The molecule has 3 aromatic carbocycles.